The molecule has 0 radical (unpaired) electrons. The number of hydrogen-bond acceptors (Lipinski definition) is 7. The zero-order valence-corrected chi connectivity index (χ0v) is 13.6. The van der Waals surface area contributed by atoms with E-state index in [1.54, 1.807) is 22.9 Å². The van der Waals surface area contributed by atoms with Crippen molar-refractivity contribution in [2.75, 3.05) is 11.6 Å². The fraction of sp³-hybridized carbons (Fsp3) is 0.286. The molecular weight excluding hydrogens is 316 g/mol. The summed E-state index contributed by atoms with van der Waals surface area (Å²) in [5.74, 6) is 1.34. The molecule has 0 unspecified atom stereocenters. The highest BCUT2D eigenvalue weighted by Crippen LogP contribution is 2.23. The van der Waals surface area contributed by atoms with Gasteiger partial charge in [0, 0.05) is 18.2 Å². The summed E-state index contributed by atoms with van der Waals surface area (Å²) in [7, 11) is -3.29. The summed E-state index contributed by atoms with van der Waals surface area (Å²) in [5, 5.41) is 7.93. The van der Waals surface area contributed by atoms with Crippen LogP contribution in [0.1, 0.15) is 12.7 Å². The van der Waals surface area contributed by atoms with Gasteiger partial charge < -0.3 is 5.32 Å². The first-order chi connectivity index (χ1) is 11.0. The van der Waals surface area contributed by atoms with E-state index in [1.807, 2.05) is 6.92 Å². The van der Waals surface area contributed by atoms with Crippen LogP contribution in [-0.4, -0.2) is 39.4 Å². The average Bonchev–Trinajstić information content (AvgIpc) is 2.99. The molecule has 120 valence electrons. The van der Waals surface area contributed by atoms with Gasteiger partial charge in [-0.15, -0.1) is 0 Å². The van der Waals surface area contributed by atoms with Gasteiger partial charge in [0.2, 0.25) is 0 Å². The molecule has 2 heterocycles. The van der Waals surface area contributed by atoms with Crippen molar-refractivity contribution in [1.82, 2.24) is 24.7 Å². The van der Waals surface area contributed by atoms with Crippen molar-refractivity contribution < 1.29 is 8.42 Å². The minimum absolute atomic E-state index is 0.236. The first kappa shape index (κ1) is 15.3. The Morgan fingerprint density at radius 3 is 2.74 bits per heavy atom. The summed E-state index contributed by atoms with van der Waals surface area (Å²) in [5.41, 5.74) is 0.673. The molecule has 0 aliphatic carbocycles. The third-order valence-corrected chi connectivity index (χ3v) is 4.55. The maximum atomic E-state index is 11.7. The third-order valence-electron chi connectivity index (χ3n) is 3.44. The largest absolute Gasteiger partial charge is 0.362 e. The number of rotatable bonds is 5. The summed E-state index contributed by atoms with van der Waals surface area (Å²) in [6, 6.07) is 4.80. The van der Waals surface area contributed by atoms with Crippen molar-refractivity contribution in [3.8, 4) is 0 Å². The van der Waals surface area contributed by atoms with Crippen LogP contribution in [0.15, 0.2) is 35.7 Å². The quantitative estimate of drug-likeness (QED) is 0.750. The molecule has 0 atom stereocenters. The van der Waals surface area contributed by atoms with E-state index in [0.29, 0.717) is 23.3 Å². The Kier molecular flexibility index (Phi) is 3.95. The van der Waals surface area contributed by atoms with Crippen LogP contribution < -0.4 is 5.32 Å². The lowest BCUT2D eigenvalue weighted by Gasteiger charge is -2.09. The number of hydrogen-bond donors (Lipinski definition) is 1. The van der Waals surface area contributed by atoms with Crippen LogP contribution in [0, 0.1) is 0 Å². The van der Waals surface area contributed by atoms with Crippen molar-refractivity contribution in [1.29, 1.82) is 0 Å². The Bertz CT molecular complexity index is 951. The normalized spacial score (nSPS) is 11.7. The van der Waals surface area contributed by atoms with Gasteiger partial charge in [-0.3, -0.25) is 0 Å². The molecular formula is C14H16N6O2S. The van der Waals surface area contributed by atoms with Gasteiger partial charge in [-0.2, -0.15) is 5.10 Å². The molecule has 0 aliphatic heterocycles. The van der Waals surface area contributed by atoms with Crippen LogP contribution >= 0.6 is 0 Å². The second-order valence-electron chi connectivity index (χ2n) is 5.02. The lowest BCUT2D eigenvalue weighted by atomic mass is 10.2. The molecule has 3 aromatic rings. The van der Waals surface area contributed by atoms with E-state index >= 15 is 0 Å². The van der Waals surface area contributed by atoms with E-state index in [0.717, 1.165) is 12.4 Å². The Morgan fingerprint density at radius 2 is 2.00 bits per heavy atom. The Morgan fingerprint density at radius 1 is 1.17 bits per heavy atom. The van der Waals surface area contributed by atoms with E-state index < -0.39 is 9.84 Å². The molecule has 0 aliphatic rings. The molecule has 23 heavy (non-hydrogen) atoms. The summed E-state index contributed by atoms with van der Waals surface area (Å²) < 4.78 is 25.2. The van der Waals surface area contributed by atoms with Gasteiger partial charge in [0.1, 0.15) is 24.3 Å². The molecule has 0 bridgehead atoms. The van der Waals surface area contributed by atoms with Crippen LogP contribution in [0.3, 0.4) is 0 Å². The zero-order chi connectivity index (χ0) is 16.4. The number of aromatic nitrogens is 5. The van der Waals surface area contributed by atoms with Crippen LogP contribution in [0.4, 0.5) is 5.82 Å². The molecule has 0 fully saturated rings. The van der Waals surface area contributed by atoms with Gasteiger partial charge in [0.05, 0.1) is 17.0 Å². The van der Waals surface area contributed by atoms with Crippen molar-refractivity contribution in [2.45, 2.75) is 24.9 Å². The molecule has 0 saturated carbocycles. The molecule has 0 spiro atoms. The molecule has 0 amide bonds. The monoisotopic (exact) mass is 332 g/mol. The Hall–Kier alpha value is -2.55. The molecule has 3 rings (SSSR count). The van der Waals surface area contributed by atoms with Crippen LogP contribution in [0.2, 0.25) is 0 Å². The number of sulfone groups is 1. The minimum Gasteiger partial charge on any atom is -0.362 e. The average molecular weight is 332 g/mol. The maximum Gasteiger partial charge on any atom is 0.175 e. The van der Waals surface area contributed by atoms with Gasteiger partial charge in [-0.1, -0.05) is 0 Å². The van der Waals surface area contributed by atoms with E-state index in [9.17, 15) is 8.42 Å². The van der Waals surface area contributed by atoms with Gasteiger partial charge >= 0.3 is 0 Å². The van der Waals surface area contributed by atoms with E-state index in [4.69, 9.17) is 0 Å². The fourth-order valence-electron chi connectivity index (χ4n) is 2.26. The van der Waals surface area contributed by atoms with Crippen LogP contribution in [-0.2, 0) is 22.9 Å². The summed E-state index contributed by atoms with van der Waals surface area (Å²) in [6.45, 7) is 3.14. The second-order valence-corrected chi connectivity index (χ2v) is 7.03. The topological polar surface area (TPSA) is 103 Å². The Balaban J connectivity index is 1.97. The number of nitrogens with one attached hydrogen (secondary N) is 1. The van der Waals surface area contributed by atoms with E-state index in [1.165, 1.54) is 18.9 Å². The second kappa shape index (κ2) is 5.92. The predicted octanol–water partition coefficient (Wildman–Crippen LogP) is 1.26. The third kappa shape index (κ3) is 3.14. The molecule has 1 aromatic carbocycles. The lowest BCUT2D eigenvalue weighted by molar-refractivity contribution is 0.602. The van der Waals surface area contributed by atoms with Crippen LogP contribution in [0.25, 0.3) is 10.9 Å². The summed E-state index contributed by atoms with van der Waals surface area (Å²) in [6.07, 6.45) is 4.12. The fourth-order valence-corrected chi connectivity index (χ4v) is 2.91. The van der Waals surface area contributed by atoms with E-state index in [-0.39, 0.29) is 4.90 Å². The zero-order valence-electron chi connectivity index (χ0n) is 12.8. The Labute approximate surface area is 133 Å². The standard InChI is InChI=1S/C14H16N6O2S/c1-3-20-13(17-9-19-20)7-15-14-11-6-10(23(2,21)22)4-5-12(11)16-8-18-14/h4-6,8-9H,3,7H2,1-2H3,(H,15,16,18). The lowest BCUT2D eigenvalue weighted by Crippen LogP contribution is -2.10. The number of anilines is 1. The predicted molar refractivity (Wildman–Crippen MR) is 85.7 cm³/mol. The number of benzene rings is 1. The molecule has 0 saturated heterocycles. The summed E-state index contributed by atoms with van der Waals surface area (Å²) in [4.78, 5) is 12.8. The van der Waals surface area contributed by atoms with Gasteiger partial charge in [0.25, 0.3) is 0 Å². The van der Waals surface area contributed by atoms with Gasteiger partial charge in [-0.25, -0.2) is 28.1 Å². The summed E-state index contributed by atoms with van der Waals surface area (Å²) >= 11 is 0. The van der Waals surface area contributed by atoms with Gasteiger partial charge in [0.15, 0.2) is 9.84 Å². The smallest absolute Gasteiger partial charge is 0.175 e. The van der Waals surface area contributed by atoms with Crippen molar-refractivity contribution in [2.24, 2.45) is 0 Å². The highest BCUT2D eigenvalue weighted by Gasteiger charge is 2.11. The number of fused-ring (bicyclic) bond motifs is 1. The van der Waals surface area contributed by atoms with Crippen molar-refractivity contribution in [3.05, 3.63) is 36.7 Å². The number of aryl methyl sites for hydroxylation is 1. The van der Waals surface area contributed by atoms with Gasteiger partial charge in [-0.05, 0) is 25.1 Å². The van der Waals surface area contributed by atoms with Crippen molar-refractivity contribution >= 4 is 26.6 Å². The van der Waals surface area contributed by atoms with Crippen LogP contribution in [0.5, 0.6) is 0 Å². The maximum absolute atomic E-state index is 11.7. The van der Waals surface area contributed by atoms with E-state index in [2.05, 4.69) is 25.4 Å². The minimum atomic E-state index is -3.29. The first-order valence-electron chi connectivity index (χ1n) is 7.04. The molecule has 9 heteroatoms. The highest BCUT2D eigenvalue weighted by molar-refractivity contribution is 7.90. The highest BCUT2D eigenvalue weighted by atomic mass is 32.2. The number of nitrogens with zero attached hydrogens (tertiary/aromatic N) is 5. The van der Waals surface area contributed by atoms with Crippen molar-refractivity contribution in [3.63, 3.8) is 0 Å². The SMILES string of the molecule is CCn1ncnc1CNc1ncnc2ccc(S(C)(=O)=O)cc12. The molecule has 1 N–H and O–H groups in total. The molecule has 2 aromatic heterocycles. The molecule has 8 nitrogen and oxygen atoms in total. The first-order valence-corrected chi connectivity index (χ1v) is 8.93.